The average Bonchev–Trinajstić information content (AvgIpc) is 2.41. The molecule has 0 amide bonds. The molecule has 0 aromatic heterocycles. The Morgan fingerprint density at radius 2 is 2.17 bits per heavy atom. The third kappa shape index (κ3) is 4.68. The predicted molar refractivity (Wildman–Crippen MR) is 73.9 cm³/mol. The Hall–Kier alpha value is -1.66. The maximum Gasteiger partial charge on any atom is 0.162 e. The number of hydrogen-bond acceptors (Lipinski definition) is 3. The lowest BCUT2D eigenvalue weighted by Crippen LogP contribution is -2.14. The smallest absolute Gasteiger partial charge is 0.162 e. The number of rotatable bonds is 8. The van der Waals surface area contributed by atoms with Crippen LogP contribution in [0.2, 0.25) is 0 Å². The molecule has 98 valence electrons. The molecule has 0 heterocycles. The zero-order valence-corrected chi connectivity index (χ0v) is 11.2. The van der Waals surface area contributed by atoms with Crippen molar-refractivity contribution in [1.29, 1.82) is 0 Å². The van der Waals surface area contributed by atoms with Crippen molar-refractivity contribution in [2.24, 2.45) is 0 Å². The number of unbranched alkanes of at least 4 members (excludes halogenated alkanes) is 1. The third-order valence-corrected chi connectivity index (χ3v) is 2.58. The Labute approximate surface area is 109 Å². The standard InChI is InChI=1S/C15H21NO2/c1-4-6-9-16-12-13-7-8-14(18-10-5-2)15(11-13)17-3/h2,7-8,11,16H,4,6,9-10,12H2,1,3H3. The van der Waals surface area contributed by atoms with Gasteiger partial charge in [0, 0.05) is 6.54 Å². The molecule has 18 heavy (non-hydrogen) atoms. The Morgan fingerprint density at radius 1 is 1.33 bits per heavy atom. The highest BCUT2D eigenvalue weighted by molar-refractivity contribution is 5.43. The van der Waals surface area contributed by atoms with Crippen LogP contribution in [-0.4, -0.2) is 20.3 Å². The second-order valence-corrected chi connectivity index (χ2v) is 4.01. The summed E-state index contributed by atoms with van der Waals surface area (Å²) in [5, 5.41) is 3.39. The summed E-state index contributed by atoms with van der Waals surface area (Å²) in [4.78, 5) is 0. The van der Waals surface area contributed by atoms with Crippen molar-refractivity contribution in [3.63, 3.8) is 0 Å². The van der Waals surface area contributed by atoms with E-state index in [-0.39, 0.29) is 6.61 Å². The minimum atomic E-state index is 0.254. The average molecular weight is 247 g/mol. The number of hydrogen-bond donors (Lipinski definition) is 1. The van der Waals surface area contributed by atoms with Gasteiger partial charge in [0.2, 0.25) is 0 Å². The van der Waals surface area contributed by atoms with Gasteiger partial charge in [-0.3, -0.25) is 0 Å². The summed E-state index contributed by atoms with van der Waals surface area (Å²) in [6.07, 6.45) is 7.56. The molecule has 1 aromatic rings. The van der Waals surface area contributed by atoms with Crippen molar-refractivity contribution in [2.45, 2.75) is 26.3 Å². The van der Waals surface area contributed by atoms with E-state index in [0.29, 0.717) is 5.75 Å². The highest BCUT2D eigenvalue weighted by atomic mass is 16.5. The molecule has 3 heteroatoms. The molecule has 0 unspecified atom stereocenters. The van der Waals surface area contributed by atoms with Crippen LogP contribution in [0.1, 0.15) is 25.3 Å². The predicted octanol–water partition coefficient (Wildman–Crippen LogP) is 2.60. The SMILES string of the molecule is C#CCOc1ccc(CNCCCC)cc1OC. The highest BCUT2D eigenvalue weighted by Gasteiger charge is 2.05. The summed E-state index contributed by atoms with van der Waals surface area (Å²) in [6.45, 7) is 4.31. The van der Waals surface area contributed by atoms with Crippen LogP contribution in [0.5, 0.6) is 11.5 Å². The summed E-state index contributed by atoms with van der Waals surface area (Å²) in [6, 6.07) is 5.89. The fraction of sp³-hybridized carbons (Fsp3) is 0.467. The molecule has 0 aliphatic heterocycles. The number of ether oxygens (including phenoxy) is 2. The third-order valence-electron chi connectivity index (χ3n) is 2.58. The molecule has 0 aliphatic carbocycles. The number of nitrogens with one attached hydrogen (secondary N) is 1. The lowest BCUT2D eigenvalue weighted by atomic mass is 10.2. The maximum atomic E-state index is 5.39. The summed E-state index contributed by atoms with van der Waals surface area (Å²) in [5.41, 5.74) is 1.18. The molecule has 1 aromatic carbocycles. The van der Waals surface area contributed by atoms with Crippen molar-refractivity contribution < 1.29 is 9.47 Å². The lowest BCUT2D eigenvalue weighted by Gasteiger charge is -2.11. The molecule has 0 aliphatic rings. The Kier molecular flexibility index (Phi) is 6.75. The summed E-state index contributed by atoms with van der Waals surface area (Å²) < 4.78 is 10.7. The fourth-order valence-corrected chi connectivity index (χ4v) is 1.60. The summed E-state index contributed by atoms with van der Waals surface area (Å²) in [5.74, 6) is 3.85. The van der Waals surface area contributed by atoms with Gasteiger partial charge >= 0.3 is 0 Å². The normalized spacial score (nSPS) is 9.83. The van der Waals surface area contributed by atoms with E-state index >= 15 is 0 Å². The van der Waals surface area contributed by atoms with Crippen LogP contribution in [0, 0.1) is 12.3 Å². The topological polar surface area (TPSA) is 30.5 Å². The van der Waals surface area contributed by atoms with E-state index in [1.165, 1.54) is 18.4 Å². The molecule has 0 spiro atoms. The van der Waals surface area contributed by atoms with Gasteiger partial charge in [-0.1, -0.05) is 25.3 Å². The van der Waals surface area contributed by atoms with Gasteiger partial charge in [0.25, 0.3) is 0 Å². The number of benzene rings is 1. The van der Waals surface area contributed by atoms with Crippen LogP contribution in [0.3, 0.4) is 0 Å². The van der Waals surface area contributed by atoms with Gasteiger partial charge in [-0.25, -0.2) is 0 Å². The minimum absolute atomic E-state index is 0.254. The van der Waals surface area contributed by atoms with E-state index in [9.17, 15) is 0 Å². The van der Waals surface area contributed by atoms with Crippen LogP contribution in [0.25, 0.3) is 0 Å². The summed E-state index contributed by atoms with van der Waals surface area (Å²) in [7, 11) is 1.63. The number of methoxy groups -OCH3 is 1. The van der Waals surface area contributed by atoms with E-state index in [1.54, 1.807) is 7.11 Å². The largest absolute Gasteiger partial charge is 0.493 e. The maximum absolute atomic E-state index is 5.39. The van der Waals surface area contributed by atoms with E-state index in [0.717, 1.165) is 18.8 Å². The van der Waals surface area contributed by atoms with Gasteiger partial charge < -0.3 is 14.8 Å². The molecule has 3 nitrogen and oxygen atoms in total. The second kappa shape index (κ2) is 8.43. The first-order chi connectivity index (χ1) is 8.81. The van der Waals surface area contributed by atoms with E-state index in [1.807, 2.05) is 18.2 Å². The van der Waals surface area contributed by atoms with Gasteiger partial charge in [-0.05, 0) is 30.7 Å². The first-order valence-corrected chi connectivity index (χ1v) is 6.25. The van der Waals surface area contributed by atoms with Crippen molar-refractivity contribution in [3.05, 3.63) is 23.8 Å². The zero-order valence-electron chi connectivity index (χ0n) is 11.2. The van der Waals surface area contributed by atoms with Gasteiger partial charge in [-0.15, -0.1) is 6.42 Å². The fourth-order valence-electron chi connectivity index (χ4n) is 1.60. The molecule has 0 radical (unpaired) electrons. The second-order valence-electron chi connectivity index (χ2n) is 4.01. The van der Waals surface area contributed by atoms with Crippen molar-refractivity contribution in [3.8, 4) is 23.8 Å². The van der Waals surface area contributed by atoms with Crippen LogP contribution in [0.4, 0.5) is 0 Å². The molecular weight excluding hydrogens is 226 g/mol. The quantitative estimate of drug-likeness (QED) is 0.566. The first-order valence-electron chi connectivity index (χ1n) is 6.25. The molecule has 0 bridgehead atoms. The van der Waals surface area contributed by atoms with E-state index in [4.69, 9.17) is 15.9 Å². The molecular formula is C15H21NO2. The van der Waals surface area contributed by atoms with E-state index in [2.05, 4.69) is 18.2 Å². The Balaban J connectivity index is 2.58. The van der Waals surface area contributed by atoms with Gasteiger partial charge in [0.05, 0.1) is 7.11 Å². The minimum Gasteiger partial charge on any atom is -0.493 e. The van der Waals surface area contributed by atoms with Crippen molar-refractivity contribution in [1.82, 2.24) is 5.32 Å². The monoisotopic (exact) mass is 247 g/mol. The molecule has 0 atom stereocenters. The lowest BCUT2D eigenvalue weighted by molar-refractivity contribution is 0.330. The molecule has 0 saturated heterocycles. The van der Waals surface area contributed by atoms with Crippen molar-refractivity contribution >= 4 is 0 Å². The van der Waals surface area contributed by atoms with Crippen LogP contribution < -0.4 is 14.8 Å². The van der Waals surface area contributed by atoms with Gasteiger partial charge in [0.1, 0.15) is 6.61 Å². The van der Waals surface area contributed by atoms with Crippen molar-refractivity contribution in [2.75, 3.05) is 20.3 Å². The van der Waals surface area contributed by atoms with Gasteiger partial charge in [0.15, 0.2) is 11.5 Å². The molecule has 0 fully saturated rings. The molecule has 0 saturated carbocycles. The Bertz CT molecular complexity index is 396. The van der Waals surface area contributed by atoms with Crippen LogP contribution in [0.15, 0.2) is 18.2 Å². The zero-order chi connectivity index (χ0) is 13.2. The van der Waals surface area contributed by atoms with Crippen LogP contribution in [-0.2, 0) is 6.54 Å². The first kappa shape index (κ1) is 14.4. The molecule has 1 rings (SSSR count). The molecule has 1 N–H and O–H groups in total. The summed E-state index contributed by atoms with van der Waals surface area (Å²) >= 11 is 0. The van der Waals surface area contributed by atoms with E-state index < -0.39 is 0 Å². The number of terminal acetylenes is 1. The Morgan fingerprint density at radius 3 is 2.83 bits per heavy atom. The highest BCUT2D eigenvalue weighted by Crippen LogP contribution is 2.27. The van der Waals surface area contributed by atoms with Gasteiger partial charge in [-0.2, -0.15) is 0 Å². The van der Waals surface area contributed by atoms with Crippen LogP contribution >= 0.6 is 0 Å².